The first kappa shape index (κ1) is 14.1. The molecular formula is C15H20N4O. The van der Waals surface area contributed by atoms with Crippen molar-refractivity contribution in [2.45, 2.75) is 19.4 Å². The summed E-state index contributed by atoms with van der Waals surface area (Å²) >= 11 is 0. The third-order valence-corrected chi connectivity index (χ3v) is 3.39. The third kappa shape index (κ3) is 3.38. The standard InChI is InChI=1S/C15H20N4O/c1-18-10-9-17-14(18)11-19(2)15(20)8-7-12-5-3-4-6-13(12)16/h3-6,9-10H,7-8,11,16H2,1-2H3. The fraction of sp³-hybridized carbons (Fsp3) is 0.333. The zero-order chi connectivity index (χ0) is 14.5. The third-order valence-electron chi connectivity index (χ3n) is 3.39. The molecule has 0 fully saturated rings. The molecular weight excluding hydrogens is 252 g/mol. The van der Waals surface area contributed by atoms with Gasteiger partial charge in [0, 0.05) is 38.6 Å². The lowest BCUT2D eigenvalue weighted by molar-refractivity contribution is -0.130. The van der Waals surface area contributed by atoms with Gasteiger partial charge in [-0.25, -0.2) is 4.98 Å². The molecule has 1 aromatic carbocycles. The van der Waals surface area contributed by atoms with Gasteiger partial charge in [-0.2, -0.15) is 0 Å². The van der Waals surface area contributed by atoms with Crippen molar-refractivity contribution in [2.24, 2.45) is 7.05 Å². The Morgan fingerprint density at radius 1 is 1.40 bits per heavy atom. The van der Waals surface area contributed by atoms with E-state index in [-0.39, 0.29) is 5.91 Å². The molecule has 5 nitrogen and oxygen atoms in total. The minimum atomic E-state index is 0.0938. The van der Waals surface area contributed by atoms with E-state index >= 15 is 0 Å². The molecule has 20 heavy (non-hydrogen) atoms. The van der Waals surface area contributed by atoms with Crippen molar-refractivity contribution in [1.29, 1.82) is 0 Å². The van der Waals surface area contributed by atoms with Gasteiger partial charge in [0.1, 0.15) is 5.82 Å². The largest absolute Gasteiger partial charge is 0.399 e. The molecule has 1 amide bonds. The number of hydrogen-bond acceptors (Lipinski definition) is 3. The Morgan fingerprint density at radius 2 is 2.15 bits per heavy atom. The van der Waals surface area contributed by atoms with E-state index in [9.17, 15) is 4.79 Å². The zero-order valence-corrected chi connectivity index (χ0v) is 11.9. The minimum absolute atomic E-state index is 0.0938. The first-order chi connectivity index (χ1) is 9.58. The molecule has 0 aliphatic heterocycles. The van der Waals surface area contributed by atoms with E-state index in [1.165, 1.54) is 0 Å². The van der Waals surface area contributed by atoms with Gasteiger partial charge in [-0.1, -0.05) is 18.2 Å². The number of aryl methyl sites for hydroxylation is 2. The Morgan fingerprint density at radius 3 is 2.80 bits per heavy atom. The Bertz CT molecular complexity index is 591. The topological polar surface area (TPSA) is 64.2 Å². The number of para-hydroxylation sites is 1. The first-order valence-corrected chi connectivity index (χ1v) is 6.61. The van der Waals surface area contributed by atoms with E-state index < -0.39 is 0 Å². The molecule has 2 aromatic rings. The van der Waals surface area contributed by atoms with Crippen LogP contribution in [-0.4, -0.2) is 27.4 Å². The van der Waals surface area contributed by atoms with Crippen LogP contribution in [0.2, 0.25) is 0 Å². The van der Waals surface area contributed by atoms with E-state index in [0.717, 1.165) is 17.1 Å². The minimum Gasteiger partial charge on any atom is -0.399 e. The second-order valence-corrected chi connectivity index (χ2v) is 4.90. The van der Waals surface area contributed by atoms with Crippen LogP contribution in [0.1, 0.15) is 17.8 Å². The van der Waals surface area contributed by atoms with Gasteiger partial charge in [0.25, 0.3) is 0 Å². The van der Waals surface area contributed by atoms with E-state index in [4.69, 9.17) is 5.73 Å². The van der Waals surface area contributed by atoms with Gasteiger partial charge >= 0.3 is 0 Å². The van der Waals surface area contributed by atoms with Crippen LogP contribution < -0.4 is 5.73 Å². The van der Waals surface area contributed by atoms with Crippen molar-refractivity contribution in [3.8, 4) is 0 Å². The lowest BCUT2D eigenvalue weighted by Crippen LogP contribution is -2.27. The van der Waals surface area contributed by atoms with Crippen molar-refractivity contribution in [3.63, 3.8) is 0 Å². The molecule has 1 heterocycles. The summed E-state index contributed by atoms with van der Waals surface area (Å²) in [7, 11) is 3.72. The van der Waals surface area contributed by atoms with Gasteiger partial charge in [-0.3, -0.25) is 4.79 Å². The van der Waals surface area contributed by atoms with Crippen LogP contribution >= 0.6 is 0 Å². The number of benzene rings is 1. The van der Waals surface area contributed by atoms with Crippen LogP contribution in [0.3, 0.4) is 0 Å². The van der Waals surface area contributed by atoms with Gasteiger partial charge in [0.15, 0.2) is 0 Å². The van der Waals surface area contributed by atoms with Gasteiger partial charge in [-0.05, 0) is 18.1 Å². The maximum Gasteiger partial charge on any atom is 0.223 e. The maximum absolute atomic E-state index is 12.1. The van der Waals surface area contributed by atoms with Crippen molar-refractivity contribution in [1.82, 2.24) is 14.5 Å². The molecule has 2 N–H and O–H groups in total. The number of rotatable bonds is 5. The number of nitrogens with two attached hydrogens (primary N) is 1. The summed E-state index contributed by atoms with van der Waals surface area (Å²) in [6.45, 7) is 0.520. The fourth-order valence-corrected chi connectivity index (χ4v) is 2.04. The number of nitrogens with zero attached hydrogens (tertiary/aromatic N) is 3. The SMILES string of the molecule is CN(Cc1nccn1C)C(=O)CCc1ccccc1N. The number of anilines is 1. The molecule has 0 saturated heterocycles. The molecule has 0 aliphatic carbocycles. The highest BCUT2D eigenvalue weighted by molar-refractivity contribution is 5.76. The molecule has 0 aliphatic rings. The predicted molar refractivity (Wildman–Crippen MR) is 78.9 cm³/mol. The maximum atomic E-state index is 12.1. The Balaban J connectivity index is 1.89. The van der Waals surface area contributed by atoms with Crippen molar-refractivity contribution < 1.29 is 4.79 Å². The number of aromatic nitrogens is 2. The molecule has 0 atom stereocenters. The quantitative estimate of drug-likeness (QED) is 0.841. The average Bonchev–Trinajstić information content (AvgIpc) is 2.83. The number of carbonyl (C=O) groups excluding carboxylic acids is 1. The highest BCUT2D eigenvalue weighted by atomic mass is 16.2. The smallest absolute Gasteiger partial charge is 0.223 e. The summed E-state index contributed by atoms with van der Waals surface area (Å²) in [6.07, 6.45) is 4.72. The molecule has 106 valence electrons. The summed E-state index contributed by atoms with van der Waals surface area (Å²) < 4.78 is 1.92. The summed E-state index contributed by atoms with van der Waals surface area (Å²) in [5, 5.41) is 0. The highest BCUT2D eigenvalue weighted by Crippen LogP contribution is 2.13. The zero-order valence-electron chi connectivity index (χ0n) is 11.9. The Hall–Kier alpha value is -2.30. The fourth-order valence-electron chi connectivity index (χ4n) is 2.04. The number of hydrogen-bond donors (Lipinski definition) is 1. The molecule has 0 spiro atoms. The number of amides is 1. The second-order valence-electron chi connectivity index (χ2n) is 4.90. The normalized spacial score (nSPS) is 10.5. The Kier molecular flexibility index (Phi) is 4.40. The van der Waals surface area contributed by atoms with Gasteiger partial charge in [0.2, 0.25) is 5.91 Å². The number of nitrogen functional groups attached to an aromatic ring is 1. The van der Waals surface area contributed by atoms with E-state index in [2.05, 4.69) is 4.98 Å². The van der Waals surface area contributed by atoms with Crippen molar-refractivity contribution in [2.75, 3.05) is 12.8 Å². The van der Waals surface area contributed by atoms with Crippen LogP contribution in [0, 0.1) is 0 Å². The average molecular weight is 272 g/mol. The monoisotopic (exact) mass is 272 g/mol. The lowest BCUT2D eigenvalue weighted by atomic mass is 10.1. The van der Waals surface area contributed by atoms with Gasteiger partial charge < -0.3 is 15.2 Å². The Labute approximate surface area is 119 Å². The summed E-state index contributed by atoms with van der Waals surface area (Å²) in [5.74, 6) is 0.969. The number of imidazole rings is 1. The van der Waals surface area contributed by atoms with Gasteiger partial charge in [-0.15, -0.1) is 0 Å². The van der Waals surface area contributed by atoms with Crippen LogP contribution in [-0.2, 0) is 24.8 Å². The van der Waals surface area contributed by atoms with Crippen LogP contribution in [0.25, 0.3) is 0 Å². The van der Waals surface area contributed by atoms with Crippen molar-refractivity contribution in [3.05, 3.63) is 48.0 Å². The molecule has 1 aromatic heterocycles. The summed E-state index contributed by atoms with van der Waals surface area (Å²) in [6, 6.07) is 7.65. The van der Waals surface area contributed by atoms with Crippen LogP contribution in [0.4, 0.5) is 5.69 Å². The molecule has 0 radical (unpaired) electrons. The van der Waals surface area contributed by atoms with Gasteiger partial charge in [0.05, 0.1) is 6.54 Å². The summed E-state index contributed by atoms with van der Waals surface area (Å²) in [4.78, 5) is 18.0. The molecule has 5 heteroatoms. The molecule has 0 bridgehead atoms. The van der Waals surface area contributed by atoms with E-state index in [1.807, 2.05) is 42.1 Å². The lowest BCUT2D eigenvalue weighted by Gasteiger charge is -2.17. The van der Waals surface area contributed by atoms with E-state index in [1.54, 1.807) is 18.1 Å². The van der Waals surface area contributed by atoms with Crippen molar-refractivity contribution >= 4 is 11.6 Å². The second kappa shape index (κ2) is 6.23. The molecule has 2 rings (SSSR count). The van der Waals surface area contributed by atoms with Crippen LogP contribution in [0.5, 0.6) is 0 Å². The molecule has 0 saturated carbocycles. The first-order valence-electron chi connectivity index (χ1n) is 6.61. The van der Waals surface area contributed by atoms with Crippen LogP contribution in [0.15, 0.2) is 36.7 Å². The predicted octanol–water partition coefficient (Wildman–Crippen LogP) is 1.59. The van der Waals surface area contributed by atoms with E-state index in [0.29, 0.717) is 19.4 Å². The number of carbonyl (C=O) groups is 1. The highest BCUT2D eigenvalue weighted by Gasteiger charge is 2.12. The summed E-state index contributed by atoms with van der Waals surface area (Å²) in [5.41, 5.74) is 7.64. The molecule has 0 unspecified atom stereocenters.